The highest BCUT2D eigenvalue weighted by atomic mass is 79.9. The van der Waals surface area contributed by atoms with Crippen molar-refractivity contribution in [3.8, 4) is 0 Å². The molecule has 1 amide bonds. The highest BCUT2D eigenvalue weighted by molar-refractivity contribution is 9.10. The number of halogens is 4. The predicted octanol–water partition coefficient (Wildman–Crippen LogP) is 5.42. The van der Waals surface area contributed by atoms with Gasteiger partial charge in [0, 0.05) is 22.4 Å². The van der Waals surface area contributed by atoms with Crippen LogP contribution in [0.2, 0.25) is 15.1 Å². The van der Waals surface area contributed by atoms with Crippen LogP contribution < -0.4 is 5.32 Å². The number of aryl methyl sites for hydroxylation is 1. The fraction of sp³-hybridized carbons (Fsp3) is 0.200. The highest BCUT2D eigenvalue weighted by Gasteiger charge is 2.16. The minimum Gasteiger partial charge on any atom is -0.303 e. The summed E-state index contributed by atoms with van der Waals surface area (Å²) in [5.41, 5.74) is 2.68. The topological polar surface area (TPSA) is 82.6 Å². The molecule has 4 aromatic rings. The number of benzene rings is 1. The van der Waals surface area contributed by atoms with Gasteiger partial charge in [-0.1, -0.05) is 40.9 Å². The number of amides is 1. The number of hydrogen-bond donors (Lipinski definition) is 1. The number of carbonyl (C=O) groups is 1. The van der Waals surface area contributed by atoms with Crippen LogP contribution in [0.15, 0.2) is 41.1 Å². The van der Waals surface area contributed by atoms with Gasteiger partial charge >= 0.3 is 0 Å². The summed E-state index contributed by atoms with van der Waals surface area (Å²) in [5.74, 6) is -0.00871. The molecule has 0 spiro atoms. The molecule has 8 nitrogen and oxygen atoms in total. The van der Waals surface area contributed by atoms with E-state index in [-0.39, 0.29) is 11.6 Å². The SMILES string of the molecule is Cc1nn(Cn2ccc(C(=O)Nc3nn(Cc4ccc(Cl)cc4Cl)cc3Br)n2)c(C)c1Cl. The first-order chi connectivity index (χ1) is 15.2. The average molecular weight is 558 g/mol. The van der Waals surface area contributed by atoms with Crippen LogP contribution in [0.3, 0.4) is 0 Å². The lowest BCUT2D eigenvalue weighted by Crippen LogP contribution is -2.16. The van der Waals surface area contributed by atoms with Gasteiger partial charge in [-0.2, -0.15) is 15.3 Å². The van der Waals surface area contributed by atoms with Gasteiger partial charge in [0.2, 0.25) is 0 Å². The zero-order valence-corrected chi connectivity index (χ0v) is 20.8. The van der Waals surface area contributed by atoms with Gasteiger partial charge in [0.15, 0.2) is 11.5 Å². The second kappa shape index (κ2) is 9.27. The molecule has 0 aliphatic rings. The van der Waals surface area contributed by atoms with Gasteiger partial charge in [-0.25, -0.2) is 4.68 Å². The van der Waals surface area contributed by atoms with Crippen LogP contribution in [0.25, 0.3) is 0 Å². The molecular formula is C20H17BrCl3N7O. The van der Waals surface area contributed by atoms with E-state index < -0.39 is 0 Å². The summed E-state index contributed by atoms with van der Waals surface area (Å²) >= 11 is 21.8. The molecule has 1 aromatic carbocycles. The smallest absolute Gasteiger partial charge is 0.277 e. The van der Waals surface area contributed by atoms with Crippen molar-refractivity contribution < 1.29 is 4.79 Å². The highest BCUT2D eigenvalue weighted by Crippen LogP contribution is 2.25. The second-order valence-electron chi connectivity index (χ2n) is 7.08. The van der Waals surface area contributed by atoms with Crippen LogP contribution in [-0.4, -0.2) is 35.2 Å². The maximum atomic E-state index is 12.7. The molecule has 32 heavy (non-hydrogen) atoms. The molecule has 0 aliphatic heterocycles. The lowest BCUT2D eigenvalue weighted by molar-refractivity contribution is 0.102. The Morgan fingerprint density at radius 3 is 2.56 bits per heavy atom. The Hall–Kier alpha value is -2.33. The quantitative estimate of drug-likeness (QED) is 0.343. The summed E-state index contributed by atoms with van der Waals surface area (Å²) in [6.45, 7) is 4.48. The Kier molecular flexibility index (Phi) is 6.62. The van der Waals surface area contributed by atoms with Crippen LogP contribution in [-0.2, 0) is 13.2 Å². The molecule has 0 saturated heterocycles. The second-order valence-corrected chi connectivity index (χ2v) is 9.16. The zero-order valence-electron chi connectivity index (χ0n) is 17.0. The molecular weight excluding hydrogens is 541 g/mol. The van der Waals surface area contributed by atoms with E-state index in [1.807, 2.05) is 19.9 Å². The maximum Gasteiger partial charge on any atom is 0.277 e. The van der Waals surface area contributed by atoms with Crippen LogP contribution in [0, 0.1) is 13.8 Å². The first-order valence-corrected chi connectivity index (χ1v) is 11.3. The first kappa shape index (κ1) is 22.8. The van der Waals surface area contributed by atoms with Crippen molar-refractivity contribution in [3.05, 3.63) is 78.8 Å². The number of carbonyl (C=O) groups excluding carboxylic acids is 1. The van der Waals surface area contributed by atoms with Crippen molar-refractivity contribution in [2.45, 2.75) is 27.1 Å². The Balaban J connectivity index is 1.44. The van der Waals surface area contributed by atoms with Gasteiger partial charge in [-0.05, 0) is 53.5 Å². The Labute approximate surface area is 207 Å². The number of hydrogen-bond acceptors (Lipinski definition) is 4. The van der Waals surface area contributed by atoms with Gasteiger partial charge in [0.05, 0.1) is 27.4 Å². The summed E-state index contributed by atoms with van der Waals surface area (Å²) < 4.78 is 5.64. The van der Waals surface area contributed by atoms with Crippen molar-refractivity contribution in [1.29, 1.82) is 0 Å². The van der Waals surface area contributed by atoms with E-state index in [1.54, 1.807) is 44.6 Å². The molecule has 4 rings (SSSR count). The molecule has 0 aliphatic carbocycles. The minimum absolute atomic E-state index is 0.250. The Bertz CT molecular complexity index is 1310. The van der Waals surface area contributed by atoms with E-state index in [1.165, 1.54) is 0 Å². The van der Waals surface area contributed by atoms with Crippen LogP contribution in [0.4, 0.5) is 5.82 Å². The number of nitrogens with one attached hydrogen (secondary N) is 1. The molecule has 0 unspecified atom stereocenters. The summed E-state index contributed by atoms with van der Waals surface area (Å²) in [6.07, 6.45) is 3.46. The van der Waals surface area contributed by atoms with Crippen LogP contribution in [0.1, 0.15) is 27.4 Å². The number of anilines is 1. The lowest BCUT2D eigenvalue weighted by atomic mass is 10.2. The van der Waals surface area contributed by atoms with E-state index in [0.717, 1.165) is 17.0 Å². The van der Waals surface area contributed by atoms with Crippen LogP contribution >= 0.6 is 50.7 Å². The summed E-state index contributed by atoms with van der Waals surface area (Å²) in [6, 6.07) is 6.90. The van der Waals surface area contributed by atoms with E-state index in [4.69, 9.17) is 34.8 Å². The van der Waals surface area contributed by atoms with Gasteiger partial charge in [-0.15, -0.1) is 0 Å². The van der Waals surface area contributed by atoms with Gasteiger partial charge in [-0.3, -0.25) is 14.2 Å². The molecule has 3 aromatic heterocycles. The minimum atomic E-state index is -0.384. The molecule has 3 heterocycles. The molecule has 0 saturated carbocycles. The summed E-state index contributed by atoms with van der Waals surface area (Å²) in [4.78, 5) is 12.7. The van der Waals surface area contributed by atoms with Gasteiger partial charge in [0.25, 0.3) is 5.91 Å². The normalized spacial score (nSPS) is 11.2. The largest absolute Gasteiger partial charge is 0.303 e. The van der Waals surface area contributed by atoms with Crippen LogP contribution in [0.5, 0.6) is 0 Å². The molecule has 0 radical (unpaired) electrons. The standard InChI is InChI=1S/C20H17BrCl3N7O/c1-11-18(24)12(2)31(26-11)10-29-6-5-17(27-29)20(32)25-19-15(21)9-30(28-19)8-13-3-4-14(22)7-16(13)23/h3-7,9H,8,10H2,1-2H3,(H,25,28,32). The van der Waals surface area contributed by atoms with Crippen molar-refractivity contribution >= 4 is 62.5 Å². The van der Waals surface area contributed by atoms with Crippen molar-refractivity contribution in [3.63, 3.8) is 0 Å². The average Bonchev–Trinajstić information content (AvgIpc) is 3.40. The fourth-order valence-electron chi connectivity index (χ4n) is 3.07. The monoisotopic (exact) mass is 555 g/mol. The first-order valence-electron chi connectivity index (χ1n) is 9.42. The third-order valence-electron chi connectivity index (χ3n) is 4.74. The summed E-state index contributed by atoms with van der Waals surface area (Å²) in [5, 5.41) is 17.6. The van der Waals surface area contributed by atoms with Crippen molar-refractivity contribution in [1.82, 2.24) is 29.3 Å². The number of nitrogens with zero attached hydrogens (tertiary/aromatic N) is 6. The van der Waals surface area contributed by atoms with E-state index in [0.29, 0.717) is 38.6 Å². The molecule has 166 valence electrons. The Morgan fingerprint density at radius 2 is 1.88 bits per heavy atom. The summed E-state index contributed by atoms with van der Waals surface area (Å²) in [7, 11) is 0. The Morgan fingerprint density at radius 1 is 1.09 bits per heavy atom. The third kappa shape index (κ3) is 4.85. The molecule has 12 heteroatoms. The molecule has 0 atom stereocenters. The van der Waals surface area contributed by atoms with Gasteiger partial charge in [0.1, 0.15) is 6.67 Å². The van der Waals surface area contributed by atoms with Crippen molar-refractivity contribution in [2.75, 3.05) is 5.32 Å². The predicted molar refractivity (Wildman–Crippen MR) is 128 cm³/mol. The zero-order chi connectivity index (χ0) is 23.0. The molecule has 0 bridgehead atoms. The number of rotatable bonds is 6. The fourth-order valence-corrected chi connectivity index (χ4v) is 4.09. The molecule has 1 N–H and O–H groups in total. The maximum absolute atomic E-state index is 12.7. The third-order valence-corrected chi connectivity index (χ3v) is 6.46. The molecule has 0 fully saturated rings. The van der Waals surface area contributed by atoms with E-state index >= 15 is 0 Å². The van der Waals surface area contributed by atoms with E-state index in [9.17, 15) is 4.79 Å². The van der Waals surface area contributed by atoms with E-state index in [2.05, 4.69) is 36.5 Å². The number of aromatic nitrogens is 6. The van der Waals surface area contributed by atoms with Crippen molar-refractivity contribution in [2.24, 2.45) is 0 Å². The van der Waals surface area contributed by atoms with Gasteiger partial charge < -0.3 is 5.32 Å². The lowest BCUT2D eigenvalue weighted by Gasteiger charge is -2.05.